The van der Waals surface area contributed by atoms with E-state index in [0.29, 0.717) is 11.3 Å². The molecule has 0 saturated carbocycles. The first-order valence-electron chi connectivity index (χ1n) is 7.16. The van der Waals surface area contributed by atoms with Gasteiger partial charge in [0.25, 0.3) is 5.91 Å². The van der Waals surface area contributed by atoms with Gasteiger partial charge in [-0.3, -0.25) is 4.79 Å². The van der Waals surface area contributed by atoms with Crippen LogP contribution in [0.25, 0.3) is 17.4 Å². The zero-order chi connectivity index (χ0) is 17.8. The van der Waals surface area contributed by atoms with Crippen LogP contribution in [0.15, 0.2) is 69.3 Å². The van der Waals surface area contributed by atoms with E-state index in [4.69, 9.17) is 8.83 Å². The van der Waals surface area contributed by atoms with Gasteiger partial charge in [0, 0.05) is 11.6 Å². The Kier molecular flexibility index (Phi) is 4.47. The minimum Gasteiger partial charge on any atom is -0.543 e. The zero-order valence-electron chi connectivity index (χ0n) is 12.7. The predicted octanol–water partition coefficient (Wildman–Crippen LogP) is 2.20. The second kappa shape index (κ2) is 6.88. The molecule has 0 saturated heterocycles. The molecule has 2 aromatic heterocycles. The molecule has 7 heteroatoms. The second-order valence-corrected chi connectivity index (χ2v) is 4.99. The van der Waals surface area contributed by atoms with Crippen molar-refractivity contribution in [2.45, 2.75) is 0 Å². The molecule has 1 N–H and O–H groups in total. The van der Waals surface area contributed by atoms with Gasteiger partial charge in [0.1, 0.15) is 17.3 Å². The predicted molar refractivity (Wildman–Crippen MR) is 83.3 cm³/mol. The van der Waals surface area contributed by atoms with Crippen molar-refractivity contribution >= 4 is 18.0 Å². The highest BCUT2D eigenvalue weighted by atomic mass is 19.1. The number of carbonyl (C=O) groups excluding carboxylic acids is 2. The van der Waals surface area contributed by atoms with Gasteiger partial charge in [-0.25, -0.2) is 4.39 Å². The van der Waals surface area contributed by atoms with Gasteiger partial charge in [-0.2, -0.15) is 0 Å². The van der Waals surface area contributed by atoms with Crippen LogP contribution >= 0.6 is 0 Å². The Hall–Kier alpha value is -3.61. The molecular formula is C18H11FNO5-. The van der Waals surface area contributed by atoms with Crippen molar-refractivity contribution in [2.24, 2.45) is 0 Å². The van der Waals surface area contributed by atoms with Crippen molar-refractivity contribution in [1.29, 1.82) is 0 Å². The number of halogens is 1. The number of carboxylic acids is 1. The van der Waals surface area contributed by atoms with E-state index in [9.17, 15) is 19.1 Å². The summed E-state index contributed by atoms with van der Waals surface area (Å²) < 4.78 is 23.3. The summed E-state index contributed by atoms with van der Waals surface area (Å²) in [6.45, 7) is 0. The number of benzene rings is 1. The molecule has 25 heavy (non-hydrogen) atoms. The van der Waals surface area contributed by atoms with Crippen molar-refractivity contribution in [1.82, 2.24) is 5.32 Å². The van der Waals surface area contributed by atoms with Gasteiger partial charge < -0.3 is 24.1 Å². The molecule has 1 amide bonds. The number of carboxylic acid groups (broad SMARTS) is 1. The van der Waals surface area contributed by atoms with E-state index in [2.05, 4.69) is 5.32 Å². The third-order valence-electron chi connectivity index (χ3n) is 3.26. The van der Waals surface area contributed by atoms with Crippen LogP contribution in [0.4, 0.5) is 4.39 Å². The number of hydrogen-bond acceptors (Lipinski definition) is 5. The molecule has 2 heterocycles. The third-order valence-corrected chi connectivity index (χ3v) is 3.26. The summed E-state index contributed by atoms with van der Waals surface area (Å²) in [5, 5.41) is 13.4. The maximum atomic E-state index is 12.9. The molecule has 0 radical (unpaired) electrons. The average molecular weight is 340 g/mol. The lowest BCUT2D eigenvalue weighted by molar-refractivity contribution is -0.299. The van der Waals surface area contributed by atoms with Crippen LogP contribution in [-0.2, 0) is 4.79 Å². The molecule has 1 aromatic carbocycles. The molecule has 0 atom stereocenters. The van der Waals surface area contributed by atoms with Gasteiger partial charge in [-0.1, -0.05) is 0 Å². The van der Waals surface area contributed by atoms with Crippen molar-refractivity contribution in [3.05, 3.63) is 77.8 Å². The first kappa shape index (κ1) is 16.3. The Balaban J connectivity index is 1.82. The van der Waals surface area contributed by atoms with Gasteiger partial charge in [0.2, 0.25) is 0 Å². The highest BCUT2D eigenvalue weighted by molar-refractivity contribution is 6.00. The number of rotatable bonds is 5. The van der Waals surface area contributed by atoms with Crippen molar-refractivity contribution < 1.29 is 27.9 Å². The lowest BCUT2D eigenvalue weighted by Crippen LogP contribution is -2.35. The molecule has 0 unspecified atom stereocenters. The van der Waals surface area contributed by atoms with Crippen LogP contribution in [0.5, 0.6) is 0 Å². The smallest absolute Gasteiger partial charge is 0.291 e. The van der Waals surface area contributed by atoms with Gasteiger partial charge in [-0.05, 0) is 48.5 Å². The summed E-state index contributed by atoms with van der Waals surface area (Å²) >= 11 is 0. The van der Waals surface area contributed by atoms with E-state index in [0.717, 1.165) is 6.08 Å². The van der Waals surface area contributed by atoms with E-state index in [1.54, 1.807) is 6.07 Å². The minimum absolute atomic E-state index is 0.0430. The first-order valence-corrected chi connectivity index (χ1v) is 7.16. The summed E-state index contributed by atoms with van der Waals surface area (Å²) in [5.74, 6) is -2.14. The largest absolute Gasteiger partial charge is 0.543 e. The van der Waals surface area contributed by atoms with Crippen molar-refractivity contribution in [2.75, 3.05) is 0 Å². The van der Waals surface area contributed by atoms with Gasteiger partial charge in [-0.15, -0.1) is 0 Å². The first-order chi connectivity index (χ1) is 12.0. The Bertz CT molecular complexity index is 923. The Morgan fingerprint density at radius 3 is 2.48 bits per heavy atom. The molecule has 126 valence electrons. The summed E-state index contributed by atoms with van der Waals surface area (Å²) in [4.78, 5) is 23.1. The SMILES string of the molecule is O=C([O-])/C(=C\c1ccc(-c2ccc(F)cc2)o1)NC(=O)c1ccco1. The highest BCUT2D eigenvalue weighted by Crippen LogP contribution is 2.23. The lowest BCUT2D eigenvalue weighted by atomic mass is 10.2. The van der Waals surface area contributed by atoms with Crippen molar-refractivity contribution in [3.8, 4) is 11.3 Å². The lowest BCUT2D eigenvalue weighted by Gasteiger charge is -2.08. The minimum atomic E-state index is -1.58. The Morgan fingerprint density at radius 1 is 1.08 bits per heavy atom. The van der Waals surface area contributed by atoms with Gasteiger partial charge in [0.15, 0.2) is 5.76 Å². The Labute approximate surface area is 141 Å². The highest BCUT2D eigenvalue weighted by Gasteiger charge is 2.12. The summed E-state index contributed by atoms with van der Waals surface area (Å²) in [6.07, 6.45) is 2.40. The number of nitrogens with one attached hydrogen (secondary N) is 1. The van der Waals surface area contributed by atoms with Gasteiger partial charge >= 0.3 is 0 Å². The molecule has 0 aliphatic carbocycles. The number of carbonyl (C=O) groups is 2. The van der Waals surface area contributed by atoms with Crippen LogP contribution in [0.1, 0.15) is 16.3 Å². The van der Waals surface area contributed by atoms with Crippen LogP contribution in [0.3, 0.4) is 0 Å². The number of furan rings is 2. The van der Waals surface area contributed by atoms with E-state index < -0.39 is 17.6 Å². The second-order valence-electron chi connectivity index (χ2n) is 4.99. The third kappa shape index (κ3) is 3.84. The summed E-state index contributed by atoms with van der Waals surface area (Å²) in [7, 11) is 0. The topological polar surface area (TPSA) is 95.5 Å². The standard InChI is InChI=1S/C18H12FNO5/c19-12-5-3-11(4-6-12)15-8-7-13(25-15)10-14(18(22)23)20-17(21)16-2-1-9-24-16/h1-10H,(H,20,21)(H,22,23)/p-1/b14-10+. The average Bonchev–Trinajstić information content (AvgIpc) is 3.26. The number of hydrogen-bond donors (Lipinski definition) is 1. The maximum Gasteiger partial charge on any atom is 0.291 e. The molecule has 0 fully saturated rings. The molecule has 0 aliphatic heterocycles. The molecular weight excluding hydrogens is 329 g/mol. The molecule has 3 aromatic rings. The van der Waals surface area contributed by atoms with Crippen LogP contribution < -0.4 is 10.4 Å². The van der Waals surface area contributed by atoms with Crippen LogP contribution in [-0.4, -0.2) is 11.9 Å². The summed E-state index contributed by atoms with van der Waals surface area (Å²) in [5.41, 5.74) is 0.136. The van der Waals surface area contributed by atoms with Crippen molar-refractivity contribution in [3.63, 3.8) is 0 Å². The number of amides is 1. The van der Waals surface area contributed by atoms with Crippen LogP contribution in [0, 0.1) is 5.82 Å². The Morgan fingerprint density at radius 2 is 1.84 bits per heavy atom. The normalized spacial score (nSPS) is 11.3. The molecule has 3 rings (SSSR count). The maximum absolute atomic E-state index is 12.9. The summed E-state index contributed by atoms with van der Waals surface area (Å²) in [6, 6.07) is 11.6. The molecule has 6 nitrogen and oxygen atoms in total. The molecule has 0 bridgehead atoms. The van der Waals surface area contributed by atoms with E-state index in [1.165, 1.54) is 48.7 Å². The monoisotopic (exact) mass is 340 g/mol. The zero-order valence-corrected chi connectivity index (χ0v) is 12.7. The quantitative estimate of drug-likeness (QED) is 0.718. The molecule has 0 spiro atoms. The van der Waals surface area contributed by atoms with E-state index >= 15 is 0 Å². The van der Waals surface area contributed by atoms with Crippen LogP contribution in [0.2, 0.25) is 0 Å². The fourth-order valence-electron chi connectivity index (χ4n) is 2.08. The fraction of sp³-hybridized carbons (Fsp3) is 0. The number of aliphatic carboxylic acids is 1. The van der Waals surface area contributed by atoms with Gasteiger partial charge in [0.05, 0.1) is 17.9 Å². The fourth-order valence-corrected chi connectivity index (χ4v) is 2.08. The molecule has 0 aliphatic rings. The van der Waals surface area contributed by atoms with E-state index in [1.807, 2.05) is 0 Å². The van der Waals surface area contributed by atoms with E-state index in [-0.39, 0.29) is 17.3 Å².